The lowest BCUT2D eigenvalue weighted by molar-refractivity contribution is -0.133. The molecule has 1 aliphatic heterocycles. The van der Waals surface area contributed by atoms with Crippen molar-refractivity contribution in [2.24, 2.45) is 0 Å². The molecule has 0 aromatic heterocycles. The molecule has 10 nitrogen and oxygen atoms in total. The van der Waals surface area contributed by atoms with Gasteiger partial charge in [-0.25, -0.2) is 22.1 Å². The van der Waals surface area contributed by atoms with E-state index in [-0.39, 0.29) is 50.7 Å². The first-order valence-electron chi connectivity index (χ1n) is 16.9. The van der Waals surface area contributed by atoms with Crippen LogP contribution in [0.25, 0.3) is 11.1 Å². The number of carboxylic acids is 1. The van der Waals surface area contributed by atoms with Gasteiger partial charge in [0.15, 0.2) is 35.4 Å². The van der Waals surface area contributed by atoms with Crippen LogP contribution in [0, 0.1) is 23.3 Å². The second kappa shape index (κ2) is 14.1. The van der Waals surface area contributed by atoms with Crippen LogP contribution in [0.15, 0.2) is 70.5 Å². The summed E-state index contributed by atoms with van der Waals surface area (Å²) in [7, 11) is -5.58. The number of anilines is 1. The number of thioether (sulfide) groups is 1. The van der Waals surface area contributed by atoms with Crippen LogP contribution in [0.3, 0.4) is 0 Å². The Morgan fingerprint density at radius 3 is 1.96 bits per heavy atom. The summed E-state index contributed by atoms with van der Waals surface area (Å²) < 4.78 is 134. The van der Waals surface area contributed by atoms with Gasteiger partial charge in [-0.2, -0.15) is 16.8 Å². The quantitative estimate of drug-likeness (QED) is 0.0626. The molecule has 1 heterocycles. The first-order valence-corrected chi connectivity index (χ1v) is 21.0. The van der Waals surface area contributed by atoms with E-state index in [1.54, 1.807) is 63.2 Å². The minimum Gasteiger partial charge on any atom is -0.481 e. The molecular weight excluding hydrogens is 797 g/mol. The standard InChI is InChI=1S/C39H36F4N2O8S3/c1-38(2)16-21(19-55(48,49)50)25-14-26-28(15-29(25)45(38)17-20-7-10-23(11-8-20)56(51,52)53)39(3,4)27-13-22(44(5)6)9-12-24(27)31(26)32-33(40)35(42)37(36(43)34(32)41)54-18-30(46)47/h7-16H,17-19H2,1-6H3,(H2-,46,47,48,49,50,51,52,53)/p+1. The third-order valence-corrected chi connectivity index (χ3v) is 12.7. The van der Waals surface area contributed by atoms with E-state index in [1.807, 2.05) is 18.4 Å². The van der Waals surface area contributed by atoms with E-state index >= 15 is 17.6 Å². The molecule has 2 aliphatic rings. The van der Waals surface area contributed by atoms with Crippen LogP contribution in [0.1, 0.15) is 61.1 Å². The number of halogens is 4. The maximum Gasteiger partial charge on any atom is 0.313 e. The molecule has 0 spiro atoms. The summed E-state index contributed by atoms with van der Waals surface area (Å²) in [6, 6.07) is 13.7. The van der Waals surface area contributed by atoms with Gasteiger partial charge in [0.2, 0.25) is 5.36 Å². The summed E-state index contributed by atoms with van der Waals surface area (Å²) in [5, 5.41) is 9.63. The lowest BCUT2D eigenvalue weighted by atomic mass is 9.68. The molecule has 0 radical (unpaired) electrons. The van der Waals surface area contributed by atoms with E-state index < -0.39 is 82.4 Å². The topological polar surface area (TPSA) is 152 Å². The lowest BCUT2D eigenvalue weighted by Gasteiger charge is -2.36. The molecule has 0 amide bonds. The molecule has 0 unspecified atom stereocenters. The minimum absolute atomic E-state index is 0.0882. The molecule has 4 aromatic carbocycles. The number of benzene rings is 4. The average molecular weight is 834 g/mol. The van der Waals surface area contributed by atoms with Gasteiger partial charge in [0.1, 0.15) is 5.75 Å². The van der Waals surface area contributed by atoms with Gasteiger partial charge in [-0.3, -0.25) is 13.9 Å². The fourth-order valence-corrected chi connectivity index (χ4v) is 9.25. The summed E-state index contributed by atoms with van der Waals surface area (Å²) in [4.78, 5) is 11.5. The predicted octanol–water partition coefficient (Wildman–Crippen LogP) is 5.37. The Morgan fingerprint density at radius 1 is 0.821 bits per heavy atom. The molecule has 6 rings (SSSR count). The third kappa shape index (κ3) is 7.38. The second-order valence-corrected chi connectivity index (χ2v) is 18.8. The van der Waals surface area contributed by atoms with E-state index in [9.17, 15) is 30.7 Å². The van der Waals surface area contributed by atoms with E-state index in [0.717, 1.165) is 0 Å². The minimum atomic E-state index is -4.67. The molecule has 56 heavy (non-hydrogen) atoms. The fraction of sp³-hybridized carbons (Fsp3) is 0.282. The van der Waals surface area contributed by atoms with Crippen molar-refractivity contribution in [2.45, 2.75) is 55.0 Å². The SMILES string of the molecule is CN(C)c1ccc2c(c1)C(C)(C)c1cc3c(cc1=C2c1c(F)c(F)c(SCC(=O)O)c(F)c1F)C(CS(=O)(=O)O)=CC(C)(C)[N+]=3Cc1ccc(S(=O)(=O)O)cc1. The van der Waals surface area contributed by atoms with E-state index in [1.165, 1.54) is 30.3 Å². The smallest absolute Gasteiger partial charge is 0.313 e. The Kier molecular flexibility index (Phi) is 10.4. The first kappa shape index (κ1) is 41.1. The van der Waals surface area contributed by atoms with Crippen molar-refractivity contribution in [2.75, 3.05) is 30.5 Å². The molecule has 0 saturated heterocycles. The van der Waals surface area contributed by atoms with Crippen molar-refractivity contribution in [3.8, 4) is 0 Å². The van der Waals surface area contributed by atoms with Gasteiger partial charge < -0.3 is 10.0 Å². The molecule has 17 heteroatoms. The van der Waals surface area contributed by atoms with Crippen molar-refractivity contribution in [1.82, 2.24) is 4.58 Å². The van der Waals surface area contributed by atoms with E-state index in [2.05, 4.69) is 0 Å². The highest BCUT2D eigenvalue weighted by Crippen LogP contribution is 2.44. The van der Waals surface area contributed by atoms with Crippen molar-refractivity contribution >= 4 is 54.8 Å². The zero-order chi connectivity index (χ0) is 41.4. The van der Waals surface area contributed by atoms with Gasteiger partial charge >= 0.3 is 5.97 Å². The van der Waals surface area contributed by atoms with Crippen LogP contribution in [-0.2, 0) is 37.0 Å². The van der Waals surface area contributed by atoms with Crippen molar-refractivity contribution in [1.29, 1.82) is 0 Å². The van der Waals surface area contributed by atoms with Crippen molar-refractivity contribution < 1.29 is 53.4 Å². The Bertz CT molecular complexity index is 2720. The summed E-state index contributed by atoms with van der Waals surface area (Å²) >= 11 is 0.0882. The number of nitrogens with zero attached hydrogens (tertiary/aromatic N) is 2. The highest BCUT2D eigenvalue weighted by atomic mass is 32.2. The maximum atomic E-state index is 16.4. The summed E-state index contributed by atoms with van der Waals surface area (Å²) in [5.74, 6) is -10.3. The summed E-state index contributed by atoms with van der Waals surface area (Å²) in [5.41, 5.74) is -0.425. The number of rotatable bonds is 10. The Balaban J connectivity index is 1.79. The van der Waals surface area contributed by atoms with Crippen LogP contribution in [0.4, 0.5) is 23.2 Å². The van der Waals surface area contributed by atoms with Crippen LogP contribution in [0.5, 0.6) is 0 Å². The molecule has 4 aromatic rings. The largest absolute Gasteiger partial charge is 0.481 e. The van der Waals surface area contributed by atoms with Gasteiger partial charge in [0, 0.05) is 56.2 Å². The highest BCUT2D eigenvalue weighted by Gasteiger charge is 2.41. The number of aliphatic carboxylic acids is 1. The van der Waals surface area contributed by atoms with Crippen molar-refractivity contribution in [3.63, 3.8) is 0 Å². The maximum absolute atomic E-state index is 16.4. The fourth-order valence-electron chi connectivity index (χ4n) is 7.44. The number of hydrogen-bond donors (Lipinski definition) is 3. The zero-order valence-corrected chi connectivity index (χ0v) is 33.4. The van der Waals surface area contributed by atoms with Crippen molar-refractivity contribution in [3.05, 3.63) is 128 Å². The van der Waals surface area contributed by atoms with Crippen LogP contribution in [-0.4, -0.2) is 68.2 Å². The zero-order valence-electron chi connectivity index (χ0n) is 30.9. The highest BCUT2D eigenvalue weighted by molar-refractivity contribution is 8.00. The summed E-state index contributed by atoms with van der Waals surface area (Å²) in [6.45, 7) is 7.39. The molecular formula is C39H37F4N2O8S3+. The lowest BCUT2D eigenvalue weighted by Crippen LogP contribution is -2.50. The van der Waals surface area contributed by atoms with Gasteiger partial charge in [0.05, 0.1) is 26.7 Å². The van der Waals surface area contributed by atoms with Crippen LogP contribution in [0.2, 0.25) is 0 Å². The van der Waals surface area contributed by atoms with Crippen LogP contribution < -0.4 is 20.1 Å². The molecule has 296 valence electrons. The predicted molar refractivity (Wildman–Crippen MR) is 205 cm³/mol. The van der Waals surface area contributed by atoms with E-state index in [0.29, 0.717) is 27.7 Å². The van der Waals surface area contributed by atoms with Crippen LogP contribution >= 0.6 is 11.8 Å². The molecule has 0 bridgehead atoms. The number of carbonyl (C=O) groups is 1. The average Bonchev–Trinajstić information content (AvgIpc) is 3.08. The Hall–Kier alpha value is -4.55. The van der Waals surface area contributed by atoms with Gasteiger partial charge in [-0.05, 0) is 63.9 Å². The Morgan fingerprint density at radius 2 is 1.43 bits per heavy atom. The molecule has 0 atom stereocenters. The molecule has 3 N–H and O–H groups in total. The molecule has 0 fully saturated rings. The van der Waals surface area contributed by atoms with Gasteiger partial charge in [-0.1, -0.05) is 32.0 Å². The van der Waals surface area contributed by atoms with Gasteiger partial charge in [-0.15, -0.1) is 11.8 Å². The third-order valence-electron chi connectivity index (χ3n) is 10.1. The number of fused-ring (bicyclic) bond motifs is 3. The first-order chi connectivity index (χ1) is 25.8. The Labute approximate surface area is 325 Å². The van der Waals surface area contributed by atoms with E-state index in [4.69, 9.17) is 5.11 Å². The number of carboxylic acid groups (broad SMARTS) is 1. The monoisotopic (exact) mass is 833 g/mol. The number of hydrogen-bond acceptors (Lipinski definition) is 7. The molecule has 0 saturated carbocycles. The second-order valence-electron chi connectivity index (χ2n) is 14.9. The molecule has 1 aliphatic carbocycles. The van der Waals surface area contributed by atoms with Gasteiger partial charge in [0.25, 0.3) is 20.2 Å². The summed E-state index contributed by atoms with van der Waals surface area (Å²) in [6.07, 6.45) is 1.60. The normalized spacial score (nSPS) is 15.8.